The zero-order chi connectivity index (χ0) is 13.8. The van der Waals surface area contributed by atoms with Crippen molar-refractivity contribution < 1.29 is 9.94 Å². The van der Waals surface area contributed by atoms with Gasteiger partial charge in [-0.15, -0.1) is 0 Å². The first-order valence-corrected chi connectivity index (χ1v) is 6.42. The molecule has 0 saturated heterocycles. The lowest BCUT2D eigenvalue weighted by molar-refractivity contribution is 0.318. The van der Waals surface area contributed by atoms with Gasteiger partial charge in [-0.25, -0.2) is 0 Å². The van der Waals surface area contributed by atoms with Crippen molar-refractivity contribution in [3.05, 3.63) is 58.1 Å². The number of oxime groups is 1. The van der Waals surface area contributed by atoms with E-state index >= 15 is 0 Å². The minimum atomic E-state index is 0.0180. The molecular weight excluding hydrogens is 308 g/mol. The molecule has 0 radical (unpaired) electrons. The third-order valence-corrected chi connectivity index (χ3v) is 3.52. The molecule has 2 aromatic carbocycles. The molecular formula is C14H13BrN2O2. The van der Waals surface area contributed by atoms with E-state index in [1.54, 1.807) is 18.2 Å². The van der Waals surface area contributed by atoms with Crippen LogP contribution in [0.1, 0.15) is 11.1 Å². The van der Waals surface area contributed by atoms with Gasteiger partial charge in [0.25, 0.3) is 0 Å². The van der Waals surface area contributed by atoms with Crippen LogP contribution in [0.15, 0.2) is 52.1 Å². The van der Waals surface area contributed by atoms with Crippen LogP contribution in [0.2, 0.25) is 0 Å². The fraction of sp³-hybridized carbons (Fsp3) is 0.0714. The molecule has 0 aromatic heterocycles. The monoisotopic (exact) mass is 320 g/mol. The number of halogens is 1. The number of ether oxygens (including phenoxy) is 1. The molecule has 2 rings (SSSR count). The Balaban J connectivity index is 2.35. The highest BCUT2D eigenvalue weighted by molar-refractivity contribution is 9.10. The summed E-state index contributed by atoms with van der Waals surface area (Å²) < 4.78 is 6.79. The summed E-state index contributed by atoms with van der Waals surface area (Å²) in [5.41, 5.74) is 7.23. The summed E-state index contributed by atoms with van der Waals surface area (Å²) in [5, 5.41) is 11.8. The van der Waals surface area contributed by atoms with Gasteiger partial charge < -0.3 is 15.7 Å². The van der Waals surface area contributed by atoms with E-state index in [4.69, 9.17) is 15.7 Å². The van der Waals surface area contributed by atoms with Crippen molar-refractivity contribution in [3.8, 4) is 11.5 Å². The fourth-order valence-electron chi connectivity index (χ4n) is 1.63. The summed E-state index contributed by atoms with van der Waals surface area (Å²) in [6.07, 6.45) is 0. The Kier molecular flexibility index (Phi) is 4.06. The fourth-order valence-corrected chi connectivity index (χ4v) is 1.88. The lowest BCUT2D eigenvalue weighted by Crippen LogP contribution is -2.14. The molecule has 0 fully saturated rings. The second-order valence-corrected chi connectivity index (χ2v) is 4.85. The molecule has 0 bridgehead atoms. The molecule has 98 valence electrons. The molecule has 0 amide bonds. The second kappa shape index (κ2) is 5.75. The molecule has 0 atom stereocenters. The smallest absolute Gasteiger partial charge is 0.173 e. The molecule has 0 aliphatic carbocycles. The average molecular weight is 321 g/mol. The topological polar surface area (TPSA) is 67.8 Å². The Morgan fingerprint density at radius 2 is 2.00 bits per heavy atom. The molecule has 0 saturated carbocycles. The minimum Gasteiger partial charge on any atom is -0.457 e. The van der Waals surface area contributed by atoms with Crippen LogP contribution in [0.3, 0.4) is 0 Å². The highest BCUT2D eigenvalue weighted by atomic mass is 79.9. The van der Waals surface area contributed by atoms with Crippen molar-refractivity contribution in [2.45, 2.75) is 6.92 Å². The van der Waals surface area contributed by atoms with Gasteiger partial charge in [-0.1, -0.05) is 33.2 Å². The van der Waals surface area contributed by atoms with Gasteiger partial charge in [-0.2, -0.15) is 0 Å². The van der Waals surface area contributed by atoms with Crippen molar-refractivity contribution >= 4 is 21.8 Å². The van der Waals surface area contributed by atoms with Crippen LogP contribution in [-0.4, -0.2) is 11.0 Å². The van der Waals surface area contributed by atoms with E-state index in [1.165, 1.54) is 0 Å². The number of nitrogens with zero attached hydrogens (tertiary/aromatic N) is 1. The first-order valence-electron chi connectivity index (χ1n) is 5.62. The van der Waals surface area contributed by atoms with E-state index in [0.29, 0.717) is 17.1 Å². The molecule has 3 N–H and O–H groups in total. The number of benzene rings is 2. The van der Waals surface area contributed by atoms with Crippen LogP contribution < -0.4 is 10.5 Å². The van der Waals surface area contributed by atoms with Gasteiger partial charge >= 0.3 is 0 Å². The highest BCUT2D eigenvalue weighted by Gasteiger charge is 2.09. The van der Waals surface area contributed by atoms with Gasteiger partial charge in [0.2, 0.25) is 0 Å². The normalized spacial score (nSPS) is 11.4. The van der Waals surface area contributed by atoms with Crippen LogP contribution in [-0.2, 0) is 0 Å². The second-order valence-electron chi connectivity index (χ2n) is 3.99. The number of nitrogens with two attached hydrogens (primary N) is 1. The van der Waals surface area contributed by atoms with Gasteiger partial charge in [-0.3, -0.25) is 0 Å². The zero-order valence-corrected chi connectivity index (χ0v) is 11.9. The molecule has 0 unspecified atom stereocenters. The number of hydrogen-bond donors (Lipinski definition) is 2. The first-order chi connectivity index (χ1) is 9.11. The van der Waals surface area contributed by atoms with E-state index in [9.17, 15) is 0 Å². The maximum atomic E-state index is 8.76. The summed E-state index contributed by atoms with van der Waals surface area (Å²) in [6, 6.07) is 12.8. The molecule has 0 aliphatic rings. The predicted octanol–water partition coefficient (Wildman–Crippen LogP) is 3.64. The van der Waals surface area contributed by atoms with Crippen LogP contribution >= 0.6 is 15.9 Å². The Morgan fingerprint density at radius 3 is 2.68 bits per heavy atom. The SMILES string of the molecule is Cc1cc(Oc2ccccc2/C(N)=N/O)ccc1Br. The molecule has 0 heterocycles. The van der Waals surface area contributed by atoms with E-state index in [2.05, 4.69) is 21.1 Å². The van der Waals surface area contributed by atoms with Gasteiger partial charge in [0.1, 0.15) is 11.5 Å². The Labute approximate surface area is 119 Å². The lowest BCUT2D eigenvalue weighted by atomic mass is 10.2. The maximum Gasteiger partial charge on any atom is 0.173 e. The van der Waals surface area contributed by atoms with Crippen molar-refractivity contribution in [2.75, 3.05) is 0 Å². The predicted molar refractivity (Wildman–Crippen MR) is 77.9 cm³/mol. The molecule has 0 spiro atoms. The number of hydrogen-bond acceptors (Lipinski definition) is 3. The molecule has 5 heteroatoms. The third kappa shape index (κ3) is 3.06. The summed E-state index contributed by atoms with van der Waals surface area (Å²) in [5.74, 6) is 1.25. The van der Waals surface area contributed by atoms with E-state index in [0.717, 1.165) is 10.0 Å². The van der Waals surface area contributed by atoms with Gasteiger partial charge in [-0.05, 0) is 42.8 Å². The Hall–Kier alpha value is -2.01. The van der Waals surface area contributed by atoms with Crippen LogP contribution in [0, 0.1) is 6.92 Å². The van der Waals surface area contributed by atoms with Crippen molar-refractivity contribution in [2.24, 2.45) is 10.9 Å². The minimum absolute atomic E-state index is 0.0180. The van der Waals surface area contributed by atoms with E-state index < -0.39 is 0 Å². The zero-order valence-electron chi connectivity index (χ0n) is 10.3. The summed E-state index contributed by atoms with van der Waals surface area (Å²) >= 11 is 3.44. The summed E-state index contributed by atoms with van der Waals surface area (Å²) in [4.78, 5) is 0. The van der Waals surface area contributed by atoms with E-state index in [-0.39, 0.29) is 5.84 Å². The number of amidine groups is 1. The largest absolute Gasteiger partial charge is 0.457 e. The third-order valence-electron chi connectivity index (χ3n) is 2.63. The lowest BCUT2D eigenvalue weighted by Gasteiger charge is -2.11. The van der Waals surface area contributed by atoms with Gasteiger partial charge in [0.05, 0.1) is 5.56 Å². The molecule has 2 aromatic rings. The highest BCUT2D eigenvalue weighted by Crippen LogP contribution is 2.28. The number of para-hydroxylation sites is 1. The van der Waals surface area contributed by atoms with Crippen molar-refractivity contribution in [1.82, 2.24) is 0 Å². The van der Waals surface area contributed by atoms with E-state index in [1.807, 2.05) is 31.2 Å². The average Bonchev–Trinajstić information content (AvgIpc) is 2.43. The van der Waals surface area contributed by atoms with Crippen molar-refractivity contribution in [1.29, 1.82) is 0 Å². The van der Waals surface area contributed by atoms with Gasteiger partial charge in [0, 0.05) is 4.47 Å². The Morgan fingerprint density at radius 1 is 1.26 bits per heavy atom. The molecule has 4 nitrogen and oxygen atoms in total. The number of aryl methyl sites for hydroxylation is 1. The molecule has 0 aliphatic heterocycles. The van der Waals surface area contributed by atoms with Crippen LogP contribution in [0.4, 0.5) is 0 Å². The van der Waals surface area contributed by atoms with Crippen LogP contribution in [0.25, 0.3) is 0 Å². The first kappa shape index (κ1) is 13.4. The quantitative estimate of drug-likeness (QED) is 0.392. The summed E-state index contributed by atoms with van der Waals surface area (Å²) in [6.45, 7) is 1.98. The molecule has 19 heavy (non-hydrogen) atoms. The Bertz CT molecular complexity index is 627. The standard InChI is InChI=1S/C14H13BrN2O2/c1-9-8-10(6-7-12(9)15)19-13-5-3-2-4-11(13)14(16)17-18/h2-8,18H,1H3,(H2,16,17). The summed E-state index contributed by atoms with van der Waals surface area (Å²) in [7, 11) is 0. The van der Waals surface area contributed by atoms with Gasteiger partial charge in [0.15, 0.2) is 5.84 Å². The van der Waals surface area contributed by atoms with Crippen LogP contribution in [0.5, 0.6) is 11.5 Å². The number of rotatable bonds is 3. The maximum absolute atomic E-state index is 8.76. The van der Waals surface area contributed by atoms with Crippen molar-refractivity contribution in [3.63, 3.8) is 0 Å².